The predicted octanol–water partition coefficient (Wildman–Crippen LogP) is 2.15. The molecule has 0 aliphatic rings. The van der Waals surface area contributed by atoms with Gasteiger partial charge in [-0.2, -0.15) is 11.8 Å². The van der Waals surface area contributed by atoms with Gasteiger partial charge in [-0.1, -0.05) is 26.2 Å². The molecule has 16 heavy (non-hydrogen) atoms. The Morgan fingerprint density at radius 1 is 1.31 bits per heavy atom. The predicted molar refractivity (Wildman–Crippen MR) is 72.7 cm³/mol. The number of nitrogens with one attached hydrogen (secondary N) is 1. The number of amides is 1. The molecular formula is C12H26N2OS. The minimum Gasteiger partial charge on any atom is -0.355 e. The molecule has 0 saturated heterocycles. The van der Waals surface area contributed by atoms with E-state index in [9.17, 15) is 4.79 Å². The van der Waals surface area contributed by atoms with Gasteiger partial charge in [0.25, 0.3) is 0 Å². The third kappa shape index (κ3) is 9.04. The summed E-state index contributed by atoms with van der Waals surface area (Å²) in [6.45, 7) is 2.88. The largest absolute Gasteiger partial charge is 0.355 e. The summed E-state index contributed by atoms with van der Waals surface area (Å²) < 4.78 is 0. The van der Waals surface area contributed by atoms with Gasteiger partial charge in [0.1, 0.15) is 0 Å². The molecule has 0 heterocycles. The molecule has 0 saturated carbocycles. The average molecular weight is 246 g/mol. The van der Waals surface area contributed by atoms with Crippen molar-refractivity contribution in [3.05, 3.63) is 0 Å². The van der Waals surface area contributed by atoms with Crippen LogP contribution in [0.25, 0.3) is 0 Å². The highest BCUT2D eigenvalue weighted by Gasteiger charge is 2.11. The highest BCUT2D eigenvalue weighted by Crippen LogP contribution is 2.02. The van der Waals surface area contributed by atoms with Gasteiger partial charge >= 0.3 is 0 Å². The Morgan fingerprint density at radius 2 is 2.06 bits per heavy atom. The van der Waals surface area contributed by atoms with Crippen molar-refractivity contribution in [2.75, 3.05) is 18.6 Å². The van der Waals surface area contributed by atoms with Crippen molar-refractivity contribution < 1.29 is 4.79 Å². The zero-order valence-corrected chi connectivity index (χ0v) is 11.4. The molecule has 0 bridgehead atoms. The Hall–Kier alpha value is -0.220. The third-order valence-electron chi connectivity index (χ3n) is 2.53. The highest BCUT2D eigenvalue weighted by molar-refractivity contribution is 7.98. The van der Waals surface area contributed by atoms with E-state index in [1.54, 1.807) is 0 Å². The summed E-state index contributed by atoms with van der Waals surface area (Å²) in [5, 5.41) is 2.90. The highest BCUT2D eigenvalue weighted by atomic mass is 32.2. The monoisotopic (exact) mass is 246 g/mol. The van der Waals surface area contributed by atoms with Gasteiger partial charge in [-0.05, 0) is 31.3 Å². The van der Waals surface area contributed by atoms with E-state index < -0.39 is 0 Å². The SMILES string of the molecule is CCCC[C@H](N)C(=O)NCCCCCSC. The average Bonchev–Trinajstić information content (AvgIpc) is 2.30. The molecule has 0 unspecified atom stereocenters. The molecular weight excluding hydrogens is 220 g/mol. The molecule has 0 aromatic heterocycles. The Morgan fingerprint density at radius 3 is 2.69 bits per heavy atom. The summed E-state index contributed by atoms with van der Waals surface area (Å²) in [6.07, 6.45) is 8.53. The fourth-order valence-electron chi connectivity index (χ4n) is 1.45. The third-order valence-corrected chi connectivity index (χ3v) is 3.23. The number of carbonyl (C=O) groups is 1. The first-order valence-electron chi connectivity index (χ1n) is 6.24. The number of hydrogen-bond acceptors (Lipinski definition) is 3. The lowest BCUT2D eigenvalue weighted by molar-refractivity contribution is -0.122. The van der Waals surface area contributed by atoms with Crippen LogP contribution in [0.5, 0.6) is 0 Å². The molecule has 0 radical (unpaired) electrons. The van der Waals surface area contributed by atoms with Crippen molar-refractivity contribution in [2.45, 2.75) is 51.5 Å². The number of rotatable bonds is 10. The molecule has 3 N–H and O–H groups in total. The molecule has 0 fully saturated rings. The number of unbranched alkanes of at least 4 members (excludes halogenated alkanes) is 3. The van der Waals surface area contributed by atoms with Crippen LogP contribution >= 0.6 is 11.8 Å². The minimum absolute atomic E-state index is 0.0123. The van der Waals surface area contributed by atoms with Gasteiger partial charge in [-0.25, -0.2) is 0 Å². The van der Waals surface area contributed by atoms with Gasteiger partial charge in [-0.3, -0.25) is 4.79 Å². The second-order valence-electron chi connectivity index (χ2n) is 4.09. The van der Waals surface area contributed by atoms with Gasteiger partial charge < -0.3 is 11.1 Å². The van der Waals surface area contributed by atoms with Crippen molar-refractivity contribution in [1.82, 2.24) is 5.32 Å². The molecule has 4 heteroatoms. The number of hydrogen-bond donors (Lipinski definition) is 2. The molecule has 0 aromatic rings. The number of thioether (sulfide) groups is 1. The van der Waals surface area contributed by atoms with Crippen LogP contribution < -0.4 is 11.1 Å². The minimum atomic E-state index is -0.314. The zero-order chi connectivity index (χ0) is 12.2. The maximum atomic E-state index is 11.5. The van der Waals surface area contributed by atoms with Crippen LogP contribution in [0.2, 0.25) is 0 Å². The lowest BCUT2D eigenvalue weighted by Gasteiger charge is -2.11. The Labute approximate surface area is 104 Å². The van der Waals surface area contributed by atoms with E-state index in [0.717, 1.165) is 32.2 Å². The topological polar surface area (TPSA) is 55.1 Å². The molecule has 0 rings (SSSR count). The smallest absolute Gasteiger partial charge is 0.236 e. The summed E-state index contributed by atoms with van der Waals surface area (Å²) in [7, 11) is 0. The van der Waals surface area contributed by atoms with E-state index in [1.165, 1.54) is 18.6 Å². The molecule has 0 aliphatic carbocycles. The van der Waals surface area contributed by atoms with Gasteiger partial charge in [0.2, 0.25) is 5.91 Å². The number of carbonyl (C=O) groups excluding carboxylic acids is 1. The molecule has 1 amide bonds. The molecule has 0 aromatic carbocycles. The van der Waals surface area contributed by atoms with Gasteiger partial charge in [0.05, 0.1) is 6.04 Å². The maximum Gasteiger partial charge on any atom is 0.236 e. The second kappa shape index (κ2) is 11.3. The molecule has 3 nitrogen and oxygen atoms in total. The van der Waals surface area contributed by atoms with Crippen molar-refractivity contribution in [3.8, 4) is 0 Å². The van der Waals surface area contributed by atoms with Gasteiger partial charge in [-0.15, -0.1) is 0 Å². The quantitative estimate of drug-likeness (QED) is 0.581. The van der Waals surface area contributed by atoms with Crippen molar-refractivity contribution in [2.24, 2.45) is 5.73 Å². The van der Waals surface area contributed by atoms with E-state index in [2.05, 4.69) is 18.5 Å². The van der Waals surface area contributed by atoms with Crippen LogP contribution in [0, 0.1) is 0 Å². The summed E-state index contributed by atoms with van der Waals surface area (Å²) in [6, 6.07) is -0.314. The number of nitrogens with two attached hydrogens (primary N) is 1. The Bertz CT molecular complexity index is 176. The lowest BCUT2D eigenvalue weighted by atomic mass is 10.1. The lowest BCUT2D eigenvalue weighted by Crippen LogP contribution is -2.40. The zero-order valence-electron chi connectivity index (χ0n) is 10.6. The van der Waals surface area contributed by atoms with Crippen LogP contribution in [0.3, 0.4) is 0 Å². The summed E-state index contributed by atoms with van der Waals surface area (Å²) in [5.41, 5.74) is 5.75. The van der Waals surface area contributed by atoms with E-state index in [-0.39, 0.29) is 11.9 Å². The van der Waals surface area contributed by atoms with E-state index >= 15 is 0 Å². The van der Waals surface area contributed by atoms with Crippen LogP contribution in [-0.4, -0.2) is 30.5 Å². The van der Waals surface area contributed by atoms with Crippen molar-refractivity contribution in [3.63, 3.8) is 0 Å². The van der Waals surface area contributed by atoms with Crippen molar-refractivity contribution in [1.29, 1.82) is 0 Å². The Balaban J connectivity index is 3.35. The van der Waals surface area contributed by atoms with Crippen LogP contribution in [0.1, 0.15) is 45.4 Å². The van der Waals surface area contributed by atoms with Gasteiger partial charge in [0.15, 0.2) is 0 Å². The van der Waals surface area contributed by atoms with E-state index in [1.807, 2.05) is 11.8 Å². The first-order chi connectivity index (χ1) is 7.72. The fraction of sp³-hybridized carbons (Fsp3) is 0.917. The van der Waals surface area contributed by atoms with Crippen LogP contribution in [0.15, 0.2) is 0 Å². The summed E-state index contributed by atoms with van der Waals surface area (Å²) in [5.74, 6) is 1.22. The summed E-state index contributed by atoms with van der Waals surface area (Å²) in [4.78, 5) is 11.5. The Kier molecular flexibility index (Phi) is 11.1. The maximum absolute atomic E-state index is 11.5. The molecule has 96 valence electrons. The first-order valence-corrected chi connectivity index (χ1v) is 7.64. The van der Waals surface area contributed by atoms with Crippen LogP contribution in [0.4, 0.5) is 0 Å². The first kappa shape index (κ1) is 15.8. The summed E-state index contributed by atoms with van der Waals surface area (Å²) >= 11 is 1.87. The molecule has 0 aliphatic heterocycles. The second-order valence-corrected chi connectivity index (χ2v) is 5.08. The fourth-order valence-corrected chi connectivity index (χ4v) is 1.94. The van der Waals surface area contributed by atoms with E-state index in [0.29, 0.717) is 0 Å². The normalized spacial score (nSPS) is 12.4. The van der Waals surface area contributed by atoms with Crippen molar-refractivity contribution >= 4 is 17.7 Å². The molecule has 1 atom stereocenters. The van der Waals surface area contributed by atoms with Gasteiger partial charge in [0, 0.05) is 6.54 Å². The van der Waals surface area contributed by atoms with E-state index in [4.69, 9.17) is 5.73 Å². The molecule has 0 spiro atoms. The standard InChI is InChI=1S/C12H26N2OS/c1-3-4-8-11(13)12(15)14-9-6-5-7-10-16-2/h11H,3-10,13H2,1-2H3,(H,14,15)/t11-/m0/s1. The van der Waals surface area contributed by atoms with Crippen LogP contribution in [-0.2, 0) is 4.79 Å².